The molecule has 0 aromatic heterocycles. The Balaban J connectivity index is 5.40. The minimum Gasteiger partial charge on any atom is -0.462 e. The Morgan fingerprint density at radius 2 is 0.561 bits per heavy atom. The molecular weight excluding hydrogens is 1280 g/mol. The number of allylic oxidation sites excluding steroid dienone is 18. The number of hydrogen-bond acceptors (Lipinski definition) is 15. The smallest absolute Gasteiger partial charge is 0.462 e. The van der Waals surface area contributed by atoms with Crippen molar-refractivity contribution in [3.05, 3.63) is 109 Å². The number of carbonyl (C=O) groups excluding carboxylic acids is 4. The Kier molecular flexibility index (Phi) is 68.0. The van der Waals surface area contributed by atoms with Crippen LogP contribution in [0, 0.1) is 0 Å². The zero-order chi connectivity index (χ0) is 71.8. The van der Waals surface area contributed by atoms with Crippen molar-refractivity contribution >= 4 is 39.5 Å². The lowest BCUT2D eigenvalue weighted by Gasteiger charge is -2.21. The van der Waals surface area contributed by atoms with Gasteiger partial charge in [-0.15, -0.1) is 0 Å². The van der Waals surface area contributed by atoms with E-state index in [1.165, 1.54) is 89.9 Å². The third kappa shape index (κ3) is 70.2. The first kappa shape index (κ1) is 93.7. The Morgan fingerprint density at radius 1 is 0.296 bits per heavy atom. The Morgan fingerprint density at radius 3 is 0.939 bits per heavy atom. The standard InChI is InChI=1S/C79H136O17P2/c1-5-9-13-17-21-25-29-32-34-35-36-37-39-41-45-48-52-56-60-64-77(82)90-70-75(96-79(84)66-62-58-54-50-46-42-38-33-30-26-22-18-14-10-6-2)72-94-98(87,88)92-68-73(80)67-91-97(85,86)93-71-74(95-78(83)65-61-57-53-49-43-28-24-20-16-12-8-4)69-89-76(81)63-59-55-51-47-44-40-31-27-23-19-15-11-7-3/h9,13,20-22,24-26,32-34,36-38,41,45,52,56,73-75,80H,5-8,10-12,14-19,23,27-31,35,39-40,42-44,46-51,53-55,57-72H2,1-4H3,(H,85,86)(H,87,88)/b13-9-,24-20-,25-21-,26-22-,34-32-,37-36-,38-33-,45-41-,56-52-. The van der Waals surface area contributed by atoms with E-state index in [1.807, 2.05) is 18.2 Å². The predicted octanol–water partition coefficient (Wildman–Crippen LogP) is 21.8. The zero-order valence-corrected chi connectivity index (χ0v) is 63.2. The number of phosphoric acid groups is 2. The predicted molar refractivity (Wildman–Crippen MR) is 399 cm³/mol. The van der Waals surface area contributed by atoms with Crippen LogP contribution >= 0.6 is 15.6 Å². The van der Waals surface area contributed by atoms with Gasteiger partial charge in [0.05, 0.1) is 26.4 Å². The lowest BCUT2D eigenvalue weighted by molar-refractivity contribution is -0.161. The van der Waals surface area contributed by atoms with E-state index in [2.05, 4.69) is 119 Å². The van der Waals surface area contributed by atoms with Crippen LogP contribution in [0.25, 0.3) is 0 Å². The van der Waals surface area contributed by atoms with Crippen molar-refractivity contribution in [1.82, 2.24) is 0 Å². The maximum absolute atomic E-state index is 13.1. The summed E-state index contributed by atoms with van der Waals surface area (Å²) < 4.78 is 68.3. The first-order valence-corrected chi connectivity index (χ1v) is 41.1. The Hall–Kier alpha value is -4.28. The molecule has 0 spiro atoms. The molecule has 0 fully saturated rings. The normalized spacial score (nSPS) is 14.6. The van der Waals surface area contributed by atoms with Crippen LogP contribution in [-0.2, 0) is 65.4 Å². The van der Waals surface area contributed by atoms with E-state index in [4.69, 9.17) is 37.0 Å². The van der Waals surface area contributed by atoms with Crippen LogP contribution in [0.1, 0.15) is 310 Å². The monoisotopic (exact) mass is 1420 g/mol. The second-order valence-corrected chi connectivity index (χ2v) is 28.1. The number of rotatable bonds is 71. The molecule has 0 bridgehead atoms. The van der Waals surface area contributed by atoms with Crippen LogP contribution in [0.2, 0.25) is 0 Å². The molecule has 0 heterocycles. The number of esters is 4. The van der Waals surface area contributed by atoms with Gasteiger partial charge in [-0.2, -0.15) is 0 Å². The molecular formula is C79H136O17P2. The average Bonchev–Trinajstić information content (AvgIpc) is 0.992. The molecule has 98 heavy (non-hydrogen) atoms. The van der Waals surface area contributed by atoms with Crippen LogP contribution in [0.5, 0.6) is 0 Å². The quantitative estimate of drug-likeness (QED) is 0.0169. The fourth-order valence-electron chi connectivity index (χ4n) is 9.90. The number of unbranched alkanes of at least 4 members (excludes halogenated alkanes) is 27. The molecule has 0 amide bonds. The summed E-state index contributed by atoms with van der Waals surface area (Å²) in [6, 6.07) is 0. The fourth-order valence-corrected chi connectivity index (χ4v) is 11.5. The van der Waals surface area contributed by atoms with Crippen LogP contribution in [-0.4, -0.2) is 96.7 Å². The fraction of sp³-hybridized carbons (Fsp3) is 0.722. The number of ether oxygens (including phenoxy) is 4. The molecule has 0 radical (unpaired) electrons. The minimum atomic E-state index is -4.99. The maximum atomic E-state index is 13.1. The van der Waals surface area contributed by atoms with Crippen molar-refractivity contribution in [2.24, 2.45) is 0 Å². The van der Waals surface area contributed by atoms with Crippen molar-refractivity contribution < 1.29 is 80.2 Å². The summed E-state index contributed by atoms with van der Waals surface area (Å²) in [6.07, 6.45) is 75.3. The lowest BCUT2D eigenvalue weighted by Crippen LogP contribution is -2.30. The van der Waals surface area contributed by atoms with Gasteiger partial charge < -0.3 is 33.8 Å². The van der Waals surface area contributed by atoms with Crippen LogP contribution in [0.15, 0.2) is 109 Å². The molecule has 0 saturated heterocycles. The van der Waals surface area contributed by atoms with Crippen molar-refractivity contribution in [2.75, 3.05) is 39.6 Å². The summed E-state index contributed by atoms with van der Waals surface area (Å²) in [5, 5.41) is 10.6. The molecule has 5 atom stereocenters. The summed E-state index contributed by atoms with van der Waals surface area (Å²) >= 11 is 0. The van der Waals surface area contributed by atoms with E-state index in [9.17, 15) is 43.2 Å². The summed E-state index contributed by atoms with van der Waals surface area (Å²) in [4.78, 5) is 72.7. The highest BCUT2D eigenvalue weighted by Gasteiger charge is 2.30. The van der Waals surface area contributed by atoms with E-state index >= 15 is 0 Å². The molecule has 5 unspecified atom stereocenters. The highest BCUT2D eigenvalue weighted by molar-refractivity contribution is 7.47. The molecule has 19 heteroatoms. The van der Waals surface area contributed by atoms with Gasteiger partial charge in [0.15, 0.2) is 12.2 Å². The molecule has 0 saturated carbocycles. The van der Waals surface area contributed by atoms with Gasteiger partial charge in [0.1, 0.15) is 19.3 Å². The van der Waals surface area contributed by atoms with Gasteiger partial charge in [0.2, 0.25) is 0 Å². The molecule has 0 rings (SSSR count). The molecule has 0 aromatic carbocycles. The van der Waals surface area contributed by atoms with Crippen molar-refractivity contribution in [2.45, 2.75) is 329 Å². The third-order valence-electron chi connectivity index (χ3n) is 15.7. The number of phosphoric ester groups is 2. The van der Waals surface area contributed by atoms with Crippen molar-refractivity contribution in [1.29, 1.82) is 0 Å². The number of hydrogen-bond donors (Lipinski definition) is 3. The largest absolute Gasteiger partial charge is 0.472 e. The van der Waals surface area contributed by atoms with Gasteiger partial charge >= 0.3 is 39.5 Å². The van der Waals surface area contributed by atoms with Crippen LogP contribution in [0.3, 0.4) is 0 Å². The molecule has 564 valence electrons. The first-order valence-electron chi connectivity index (χ1n) is 38.1. The van der Waals surface area contributed by atoms with E-state index in [0.717, 1.165) is 135 Å². The van der Waals surface area contributed by atoms with Crippen LogP contribution in [0.4, 0.5) is 0 Å². The number of aliphatic hydroxyl groups is 1. The zero-order valence-electron chi connectivity index (χ0n) is 61.4. The van der Waals surface area contributed by atoms with Gasteiger partial charge in [0, 0.05) is 25.7 Å². The van der Waals surface area contributed by atoms with Crippen molar-refractivity contribution in [3.63, 3.8) is 0 Å². The van der Waals surface area contributed by atoms with Gasteiger partial charge in [-0.3, -0.25) is 37.3 Å². The van der Waals surface area contributed by atoms with Crippen LogP contribution < -0.4 is 0 Å². The SMILES string of the molecule is CC/C=C\C/C=C\C/C=C\C/C=C\C/C=C\C/C=C\CCC(=O)OCC(COP(=O)(O)OCC(O)COP(=O)(O)OCC(COC(=O)CCCCCCCCCCCCCCC)OC(=O)CCCCCCC/C=C\CCCC)OC(=O)CCCCCCC/C=C\C/C=C\CCCCC. The van der Waals surface area contributed by atoms with Gasteiger partial charge in [-0.1, -0.05) is 278 Å². The van der Waals surface area contributed by atoms with E-state index in [0.29, 0.717) is 32.1 Å². The third-order valence-corrected chi connectivity index (χ3v) is 17.6. The number of aliphatic hydroxyl groups excluding tert-OH is 1. The van der Waals surface area contributed by atoms with Gasteiger partial charge in [-0.05, 0) is 116 Å². The molecule has 17 nitrogen and oxygen atoms in total. The summed E-state index contributed by atoms with van der Waals surface area (Å²) in [7, 11) is -9.97. The van der Waals surface area contributed by atoms with Gasteiger partial charge in [-0.25, -0.2) is 9.13 Å². The Bertz CT molecular complexity index is 2290. The lowest BCUT2D eigenvalue weighted by atomic mass is 10.0. The highest BCUT2D eigenvalue weighted by Crippen LogP contribution is 2.45. The summed E-state index contributed by atoms with van der Waals surface area (Å²) in [6.45, 7) is 4.59. The van der Waals surface area contributed by atoms with E-state index < -0.39 is 97.5 Å². The highest BCUT2D eigenvalue weighted by atomic mass is 31.2. The minimum absolute atomic E-state index is 0.0320. The molecule has 0 aliphatic carbocycles. The topological polar surface area (TPSA) is 237 Å². The molecule has 0 aromatic rings. The maximum Gasteiger partial charge on any atom is 0.472 e. The van der Waals surface area contributed by atoms with E-state index in [-0.39, 0.29) is 25.7 Å². The molecule has 0 aliphatic rings. The number of carbonyl (C=O) groups is 4. The Labute approximate surface area is 594 Å². The summed E-state index contributed by atoms with van der Waals surface area (Å²) in [5.41, 5.74) is 0. The second-order valence-electron chi connectivity index (χ2n) is 25.2. The molecule has 0 aliphatic heterocycles. The second kappa shape index (κ2) is 71.1. The first-order chi connectivity index (χ1) is 47.7. The average molecular weight is 1420 g/mol. The summed E-state index contributed by atoms with van der Waals surface area (Å²) in [5.74, 6) is -2.29. The molecule has 3 N–H and O–H groups in total. The van der Waals surface area contributed by atoms with E-state index in [1.54, 1.807) is 0 Å². The van der Waals surface area contributed by atoms with Gasteiger partial charge in [0.25, 0.3) is 0 Å². The van der Waals surface area contributed by atoms with Crippen molar-refractivity contribution in [3.8, 4) is 0 Å².